The Bertz CT molecular complexity index is 847. The van der Waals surface area contributed by atoms with Gasteiger partial charge in [-0.3, -0.25) is 14.9 Å². The topological polar surface area (TPSA) is 86.8 Å². The number of benzene rings is 1. The van der Waals surface area contributed by atoms with E-state index in [0.717, 1.165) is 24.8 Å². The molecule has 0 atom stereocenters. The van der Waals surface area contributed by atoms with Crippen LogP contribution in [0.3, 0.4) is 0 Å². The summed E-state index contributed by atoms with van der Waals surface area (Å²) in [6, 6.07) is 5.51. The van der Waals surface area contributed by atoms with E-state index in [1.54, 1.807) is 18.6 Å². The zero-order valence-electron chi connectivity index (χ0n) is 16.9. The van der Waals surface area contributed by atoms with E-state index in [4.69, 9.17) is 9.47 Å². The van der Waals surface area contributed by atoms with Gasteiger partial charge in [-0.15, -0.1) is 11.3 Å². The van der Waals surface area contributed by atoms with Gasteiger partial charge < -0.3 is 14.2 Å². The summed E-state index contributed by atoms with van der Waals surface area (Å²) in [7, 11) is 2.91. The van der Waals surface area contributed by atoms with Gasteiger partial charge in [-0.1, -0.05) is 25.8 Å². The lowest BCUT2D eigenvalue weighted by atomic mass is 10.2. The maximum atomic E-state index is 12.1. The molecule has 0 aliphatic carbocycles. The number of thiazole rings is 1. The average molecular weight is 419 g/mol. The fourth-order valence-corrected chi connectivity index (χ4v) is 3.14. The number of anilines is 1. The maximum Gasteiger partial charge on any atom is 0.311 e. The first-order chi connectivity index (χ1) is 14.0. The van der Waals surface area contributed by atoms with Crippen LogP contribution in [0.5, 0.6) is 11.5 Å². The molecule has 7 nitrogen and oxygen atoms in total. The lowest BCUT2D eigenvalue weighted by Crippen LogP contribution is -2.08. The lowest BCUT2D eigenvalue weighted by molar-refractivity contribution is -0.139. The van der Waals surface area contributed by atoms with Crippen LogP contribution >= 0.6 is 11.3 Å². The van der Waals surface area contributed by atoms with Gasteiger partial charge in [-0.05, 0) is 30.2 Å². The first-order valence-electron chi connectivity index (χ1n) is 9.36. The van der Waals surface area contributed by atoms with Crippen LogP contribution in [0.15, 0.2) is 29.7 Å². The zero-order valence-corrected chi connectivity index (χ0v) is 17.7. The number of hydrogen-bond donors (Lipinski definition) is 1. The first-order valence-corrected chi connectivity index (χ1v) is 10.2. The molecule has 0 unspecified atom stereocenters. The third kappa shape index (κ3) is 7.57. The highest BCUT2D eigenvalue weighted by Crippen LogP contribution is 2.28. The van der Waals surface area contributed by atoms with Crippen molar-refractivity contribution in [1.29, 1.82) is 0 Å². The van der Waals surface area contributed by atoms with E-state index >= 15 is 0 Å². The van der Waals surface area contributed by atoms with Crippen molar-refractivity contribution in [3.8, 4) is 11.5 Å². The Morgan fingerprint density at radius 3 is 2.76 bits per heavy atom. The van der Waals surface area contributed by atoms with Crippen LogP contribution in [0.2, 0.25) is 0 Å². The molecule has 2 rings (SSSR count). The number of aromatic nitrogens is 1. The van der Waals surface area contributed by atoms with Gasteiger partial charge in [-0.25, -0.2) is 4.98 Å². The summed E-state index contributed by atoms with van der Waals surface area (Å²) in [5, 5.41) is 4.81. The van der Waals surface area contributed by atoms with Crippen molar-refractivity contribution in [3.63, 3.8) is 0 Å². The number of carbonyl (C=O) groups is 2. The third-order valence-corrected chi connectivity index (χ3v) is 4.76. The highest BCUT2D eigenvalue weighted by Gasteiger charge is 2.09. The van der Waals surface area contributed by atoms with Gasteiger partial charge in [0.25, 0.3) is 0 Å². The molecule has 29 heavy (non-hydrogen) atoms. The Balaban J connectivity index is 1.92. The fourth-order valence-electron chi connectivity index (χ4n) is 2.43. The monoisotopic (exact) mass is 418 g/mol. The molecule has 0 saturated carbocycles. The van der Waals surface area contributed by atoms with Crippen LogP contribution in [0, 0.1) is 0 Å². The smallest absolute Gasteiger partial charge is 0.311 e. The number of amides is 1. The van der Waals surface area contributed by atoms with E-state index in [-0.39, 0.29) is 18.3 Å². The summed E-state index contributed by atoms with van der Waals surface area (Å²) >= 11 is 1.25. The van der Waals surface area contributed by atoms with E-state index in [1.807, 2.05) is 18.2 Å². The minimum absolute atomic E-state index is 0.0748. The van der Waals surface area contributed by atoms with Gasteiger partial charge in [0, 0.05) is 11.5 Å². The number of unbranched alkanes of at least 4 members (excludes halogenated alkanes) is 2. The predicted octanol–water partition coefficient (Wildman–Crippen LogP) is 4.09. The molecule has 1 N–H and O–H groups in total. The molecule has 0 aliphatic rings. The van der Waals surface area contributed by atoms with Gasteiger partial charge in [-0.2, -0.15) is 0 Å². The van der Waals surface area contributed by atoms with E-state index in [0.29, 0.717) is 28.9 Å². The van der Waals surface area contributed by atoms with E-state index in [1.165, 1.54) is 24.5 Å². The highest BCUT2D eigenvalue weighted by atomic mass is 32.1. The van der Waals surface area contributed by atoms with Crippen molar-refractivity contribution in [2.24, 2.45) is 0 Å². The molecule has 1 aromatic carbocycles. The summed E-state index contributed by atoms with van der Waals surface area (Å²) in [5.41, 5.74) is 1.36. The molecule has 1 aromatic heterocycles. The van der Waals surface area contributed by atoms with Crippen LogP contribution in [0.1, 0.15) is 37.4 Å². The summed E-state index contributed by atoms with van der Waals surface area (Å²) in [6.45, 7) is 2.79. The molecule has 0 saturated heterocycles. The molecule has 156 valence electrons. The van der Waals surface area contributed by atoms with Crippen LogP contribution in [-0.2, 0) is 20.7 Å². The largest absolute Gasteiger partial charge is 0.493 e. The number of methoxy groups -OCH3 is 2. The van der Waals surface area contributed by atoms with Crippen LogP contribution < -0.4 is 14.8 Å². The van der Waals surface area contributed by atoms with Crippen molar-refractivity contribution in [3.05, 3.63) is 40.9 Å². The Kier molecular flexibility index (Phi) is 9.17. The van der Waals surface area contributed by atoms with Crippen molar-refractivity contribution >= 4 is 34.4 Å². The molecule has 0 fully saturated rings. The second-order valence-corrected chi connectivity index (χ2v) is 7.04. The quantitative estimate of drug-likeness (QED) is 0.336. The molecule has 0 spiro atoms. The van der Waals surface area contributed by atoms with Crippen molar-refractivity contribution in [2.45, 2.75) is 32.6 Å². The minimum atomic E-state index is -0.375. The number of rotatable bonds is 11. The summed E-state index contributed by atoms with van der Waals surface area (Å²) < 4.78 is 15.7. The third-order valence-electron chi connectivity index (χ3n) is 3.96. The number of ether oxygens (including phenoxy) is 3. The van der Waals surface area contributed by atoms with Gasteiger partial charge in [0.2, 0.25) is 5.91 Å². The zero-order chi connectivity index (χ0) is 21.1. The van der Waals surface area contributed by atoms with Gasteiger partial charge in [0.15, 0.2) is 16.6 Å². The van der Waals surface area contributed by atoms with Crippen LogP contribution in [0.4, 0.5) is 5.13 Å². The summed E-state index contributed by atoms with van der Waals surface area (Å²) in [6.07, 6.45) is 6.44. The van der Waals surface area contributed by atoms with Crippen molar-refractivity contribution in [2.75, 3.05) is 26.1 Å². The highest BCUT2D eigenvalue weighted by molar-refractivity contribution is 7.14. The predicted molar refractivity (Wildman–Crippen MR) is 114 cm³/mol. The minimum Gasteiger partial charge on any atom is -0.493 e. The van der Waals surface area contributed by atoms with Crippen LogP contribution in [-0.4, -0.2) is 37.7 Å². The van der Waals surface area contributed by atoms with Crippen LogP contribution in [0.25, 0.3) is 6.08 Å². The molecule has 0 radical (unpaired) electrons. The Morgan fingerprint density at radius 2 is 2.03 bits per heavy atom. The summed E-state index contributed by atoms with van der Waals surface area (Å²) in [4.78, 5) is 27.6. The summed E-state index contributed by atoms with van der Waals surface area (Å²) in [5.74, 6) is 0.616. The molecular formula is C21H26N2O5S. The number of hydrogen-bond acceptors (Lipinski definition) is 7. The second-order valence-electron chi connectivity index (χ2n) is 6.19. The normalized spacial score (nSPS) is 10.7. The Morgan fingerprint density at radius 1 is 1.21 bits per heavy atom. The average Bonchev–Trinajstić information content (AvgIpc) is 3.16. The Hall–Kier alpha value is -2.87. The van der Waals surface area contributed by atoms with Crippen molar-refractivity contribution < 1.29 is 23.8 Å². The Labute approximate surface area is 174 Å². The molecule has 0 bridgehead atoms. The molecule has 2 aromatic rings. The van der Waals surface area contributed by atoms with E-state index in [2.05, 4.69) is 22.0 Å². The van der Waals surface area contributed by atoms with Crippen molar-refractivity contribution in [1.82, 2.24) is 4.98 Å². The molecule has 1 amide bonds. The SMILES string of the molecule is CCCCCOc1ccc(/C=C/C(=O)Nc2nc(CC(=O)OC)cs2)cc1OC. The number of carbonyl (C=O) groups excluding carboxylic acids is 2. The van der Waals surface area contributed by atoms with E-state index in [9.17, 15) is 9.59 Å². The first kappa shape index (κ1) is 22.4. The standard InChI is InChI=1S/C21H26N2O5S/c1-4-5-6-11-28-17-9-7-15(12-18(17)26-2)8-10-19(24)23-21-22-16(14-29-21)13-20(25)27-3/h7-10,12,14H,4-6,11,13H2,1-3H3,(H,22,23,24)/b10-8+. The van der Waals surface area contributed by atoms with Gasteiger partial charge in [0.1, 0.15) is 0 Å². The number of nitrogens with zero attached hydrogens (tertiary/aromatic N) is 1. The number of esters is 1. The molecule has 1 heterocycles. The molecule has 8 heteroatoms. The molecule has 0 aliphatic heterocycles. The lowest BCUT2D eigenvalue weighted by Gasteiger charge is -2.11. The van der Waals surface area contributed by atoms with Gasteiger partial charge in [0.05, 0.1) is 32.9 Å². The molecular weight excluding hydrogens is 392 g/mol. The maximum absolute atomic E-state index is 12.1. The van der Waals surface area contributed by atoms with E-state index < -0.39 is 0 Å². The van der Waals surface area contributed by atoms with Gasteiger partial charge >= 0.3 is 5.97 Å². The second kappa shape index (κ2) is 11.9. The fraction of sp³-hybridized carbons (Fsp3) is 0.381. The number of nitrogens with one attached hydrogen (secondary N) is 1.